The molecule has 0 aromatic heterocycles. The van der Waals surface area contributed by atoms with Gasteiger partial charge in [-0.1, -0.05) is 13.8 Å². The van der Waals surface area contributed by atoms with Crippen LogP contribution in [0.1, 0.15) is 13.8 Å². The molecule has 4 heteroatoms. The van der Waals surface area contributed by atoms with Crippen LogP contribution in [0.5, 0.6) is 0 Å². The molecular formula is C7H13ClO3. The van der Waals surface area contributed by atoms with Gasteiger partial charge < -0.3 is 9.84 Å². The highest BCUT2D eigenvalue weighted by molar-refractivity contribution is 6.17. The summed E-state index contributed by atoms with van der Waals surface area (Å²) in [5.41, 5.74) is 0. The van der Waals surface area contributed by atoms with Crippen molar-refractivity contribution < 1.29 is 14.6 Å². The van der Waals surface area contributed by atoms with Gasteiger partial charge in [0.25, 0.3) is 0 Å². The molecule has 0 radical (unpaired) electrons. The molecule has 0 spiro atoms. The number of carboxylic acids is 1. The van der Waals surface area contributed by atoms with Crippen LogP contribution >= 0.6 is 11.6 Å². The van der Waals surface area contributed by atoms with Gasteiger partial charge >= 0.3 is 5.97 Å². The summed E-state index contributed by atoms with van der Waals surface area (Å²) in [6.07, 6.45) is -0.728. The third-order valence-electron chi connectivity index (χ3n) is 1.22. The first kappa shape index (κ1) is 10.7. The number of hydrogen-bond donors (Lipinski definition) is 1. The fourth-order valence-electron chi connectivity index (χ4n) is 0.720. The van der Waals surface area contributed by atoms with E-state index in [0.29, 0.717) is 5.88 Å². The van der Waals surface area contributed by atoms with Gasteiger partial charge in [0, 0.05) is 5.88 Å². The van der Waals surface area contributed by atoms with E-state index in [2.05, 4.69) is 0 Å². The SMILES string of the molecule is CC(C)C(OCCCl)C(=O)O. The zero-order valence-corrected chi connectivity index (χ0v) is 7.47. The van der Waals surface area contributed by atoms with E-state index in [4.69, 9.17) is 21.4 Å². The lowest BCUT2D eigenvalue weighted by atomic mass is 10.1. The molecule has 0 saturated heterocycles. The van der Waals surface area contributed by atoms with Gasteiger partial charge in [-0.05, 0) is 5.92 Å². The third-order valence-corrected chi connectivity index (χ3v) is 1.38. The Labute approximate surface area is 71.3 Å². The van der Waals surface area contributed by atoms with Gasteiger partial charge in [-0.25, -0.2) is 4.79 Å². The highest BCUT2D eigenvalue weighted by Gasteiger charge is 2.21. The van der Waals surface area contributed by atoms with Crippen LogP contribution in [0.15, 0.2) is 0 Å². The summed E-state index contributed by atoms with van der Waals surface area (Å²) in [5, 5.41) is 8.60. The topological polar surface area (TPSA) is 46.5 Å². The van der Waals surface area contributed by atoms with E-state index in [-0.39, 0.29) is 12.5 Å². The van der Waals surface area contributed by atoms with Crippen LogP contribution in [-0.2, 0) is 9.53 Å². The van der Waals surface area contributed by atoms with E-state index < -0.39 is 12.1 Å². The van der Waals surface area contributed by atoms with E-state index in [0.717, 1.165) is 0 Å². The second-order valence-corrected chi connectivity index (χ2v) is 2.94. The molecule has 0 saturated carbocycles. The second kappa shape index (κ2) is 5.38. The number of ether oxygens (including phenoxy) is 1. The summed E-state index contributed by atoms with van der Waals surface area (Å²) in [4.78, 5) is 10.5. The van der Waals surface area contributed by atoms with Crippen LogP contribution in [0.4, 0.5) is 0 Å². The van der Waals surface area contributed by atoms with Gasteiger partial charge in [0.05, 0.1) is 6.61 Å². The smallest absolute Gasteiger partial charge is 0.333 e. The number of hydrogen-bond acceptors (Lipinski definition) is 2. The summed E-state index contributed by atoms with van der Waals surface area (Å²) >= 11 is 5.34. The van der Waals surface area contributed by atoms with Crippen molar-refractivity contribution in [2.45, 2.75) is 20.0 Å². The quantitative estimate of drug-likeness (QED) is 0.650. The molecule has 0 aliphatic rings. The predicted molar refractivity (Wildman–Crippen MR) is 42.9 cm³/mol. The normalized spacial score (nSPS) is 13.5. The van der Waals surface area contributed by atoms with Crippen molar-refractivity contribution in [3.05, 3.63) is 0 Å². The molecule has 0 rings (SSSR count). The van der Waals surface area contributed by atoms with Crippen molar-refractivity contribution >= 4 is 17.6 Å². The molecule has 1 N–H and O–H groups in total. The fraction of sp³-hybridized carbons (Fsp3) is 0.857. The zero-order chi connectivity index (χ0) is 8.85. The predicted octanol–water partition coefficient (Wildman–Crippen LogP) is 1.35. The lowest BCUT2D eigenvalue weighted by molar-refractivity contribution is -0.152. The van der Waals surface area contributed by atoms with E-state index in [1.165, 1.54) is 0 Å². The van der Waals surface area contributed by atoms with E-state index in [9.17, 15) is 4.79 Å². The molecule has 0 heterocycles. The Morgan fingerprint density at radius 3 is 2.45 bits per heavy atom. The maximum absolute atomic E-state index is 10.5. The minimum Gasteiger partial charge on any atom is -0.479 e. The molecule has 11 heavy (non-hydrogen) atoms. The average molecular weight is 181 g/mol. The van der Waals surface area contributed by atoms with E-state index >= 15 is 0 Å². The van der Waals surface area contributed by atoms with Crippen molar-refractivity contribution in [1.29, 1.82) is 0 Å². The van der Waals surface area contributed by atoms with Gasteiger partial charge in [0.2, 0.25) is 0 Å². The molecule has 0 aromatic rings. The van der Waals surface area contributed by atoms with E-state index in [1.807, 2.05) is 0 Å². The number of carboxylic acid groups (broad SMARTS) is 1. The van der Waals surface area contributed by atoms with Crippen LogP contribution in [0.2, 0.25) is 0 Å². The first-order chi connectivity index (χ1) is 5.09. The van der Waals surface area contributed by atoms with Crippen molar-refractivity contribution in [2.75, 3.05) is 12.5 Å². The molecule has 0 fully saturated rings. The van der Waals surface area contributed by atoms with Crippen molar-refractivity contribution in [3.8, 4) is 0 Å². The molecule has 66 valence electrons. The molecule has 0 aromatic carbocycles. The van der Waals surface area contributed by atoms with E-state index in [1.54, 1.807) is 13.8 Å². The fourth-order valence-corrected chi connectivity index (χ4v) is 0.809. The molecule has 0 bridgehead atoms. The molecule has 1 unspecified atom stereocenters. The van der Waals surface area contributed by atoms with Crippen LogP contribution in [0.25, 0.3) is 0 Å². The Morgan fingerprint density at radius 2 is 2.18 bits per heavy atom. The lowest BCUT2D eigenvalue weighted by Gasteiger charge is -2.15. The minimum absolute atomic E-state index is 0.0179. The Hall–Kier alpha value is -0.280. The maximum Gasteiger partial charge on any atom is 0.333 e. The van der Waals surface area contributed by atoms with Gasteiger partial charge in [-0.3, -0.25) is 0 Å². The zero-order valence-electron chi connectivity index (χ0n) is 6.71. The summed E-state index contributed by atoms with van der Waals surface area (Å²) in [7, 11) is 0. The molecule has 0 aliphatic carbocycles. The van der Waals surface area contributed by atoms with Crippen molar-refractivity contribution in [1.82, 2.24) is 0 Å². The van der Waals surface area contributed by atoms with Crippen LogP contribution in [-0.4, -0.2) is 29.7 Å². The second-order valence-electron chi connectivity index (χ2n) is 2.56. The Balaban J connectivity index is 3.80. The Bertz CT molecular complexity index is 125. The van der Waals surface area contributed by atoms with Crippen LogP contribution < -0.4 is 0 Å². The van der Waals surface area contributed by atoms with Crippen LogP contribution in [0, 0.1) is 5.92 Å². The first-order valence-corrected chi connectivity index (χ1v) is 4.03. The Kier molecular flexibility index (Phi) is 5.24. The summed E-state index contributed by atoms with van der Waals surface area (Å²) in [6, 6.07) is 0. The lowest BCUT2D eigenvalue weighted by Crippen LogP contribution is -2.29. The average Bonchev–Trinajstić information content (AvgIpc) is 1.87. The van der Waals surface area contributed by atoms with Crippen molar-refractivity contribution in [3.63, 3.8) is 0 Å². The Morgan fingerprint density at radius 1 is 1.64 bits per heavy atom. The molecule has 3 nitrogen and oxygen atoms in total. The summed E-state index contributed by atoms with van der Waals surface area (Å²) in [6.45, 7) is 3.89. The summed E-state index contributed by atoms with van der Waals surface area (Å²) in [5.74, 6) is -0.614. The molecule has 0 amide bonds. The van der Waals surface area contributed by atoms with Gasteiger partial charge in [0.15, 0.2) is 6.10 Å². The monoisotopic (exact) mass is 180 g/mol. The number of halogens is 1. The van der Waals surface area contributed by atoms with Gasteiger partial charge in [0.1, 0.15) is 0 Å². The number of rotatable bonds is 5. The number of carbonyl (C=O) groups is 1. The highest BCUT2D eigenvalue weighted by Crippen LogP contribution is 2.06. The third kappa shape index (κ3) is 4.22. The largest absolute Gasteiger partial charge is 0.479 e. The first-order valence-electron chi connectivity index (χ1n) is 3.50. The van der Waals surface area contributed by atoms with Gasteiger partial charge in [-0.15, -0.1) is 11.6 Å². The molecular weight excluding hydrogens is 168 g/mol. The van der Waals surface area contributed by atoms with Crippen LogP contribution in [0.3, 0.4) is 0 Å². The van der Waals surface area contributed by atoms with Gasteiger partial charge in [-0.2, -0.15) is 0 Å². The van der Waals surface area contributed by atoms with Crippen molar-refractivity contribution in [2.24, 2.45) is 5.92 Å². The minimum atomic E-state index is -0.926. The maximum atomic E-state index is 10.5. The number of aliphatic carboxylic acids is 1. The molecule has 1 atom stereocenters. The standard InChI is InChI=1S/C7H13ClO3/c1-5(2)6(7(9)10)11-4-3-8/h5-6H,3-4H2,1-2H3,(H,9,10). The highest BCUT2D eigenvalue weighted by atomic mass is 35.5. The number of alkyl halides is 1. The molecule has 0 aliphatic heterocycles. The summed E-state index contributed by atoms with van der Waals surface area (Å²) < 4.78 is 4.98.